The summed E-state index contributed by atoms with van der Waals surface area (Å²) >= 11 is 0. The molecule has 3 heteroatoms. The third-order valence-electron chi connectivity index (χ3n) is 2.15. The van der Waals surface area contributed by atoms with Gasteiger partial charge in [-0.2, -0.15) is 0 Å². The smallest absolute Gasteiger partial charge is 0.412 e. The number of carbonyl (C=O) groups is 1. The molecule has 0 aliphatic heterocycles. The molecule has 1 rings (SSSR count). The third kappa shape index (κ3) is 4.60. The molecule has 0 spiro atoms. The topological polar surface area (TPSA) is 38.3 Å². The summed E-state index contributed by atoms with van der Waals surface area (Å²) in [6, 6.07) is 9.19. The molecule has 0 saturated carbocycles. The molecule has 1 atom stereocenters. The SMILES string of the molecule is CC#CC(OC(=O)Nc1ccccc1)C(C)C. The molecule has 0 radical (unpaired) electrons. The summed E-state index contributed by atoms with van der Waals surface area (Å²) in [5.74, 6) is 5.80. The first kappa shape index (κ1) is 13.1. The minimum Gasteiger partial charge on any atom is -0.433 e. The number of carbonyl (C=O) groups excluding carboxylic acids is 1. The number of hydrogen-bond acceptors (Lipinski definition) is 2. The van der Waals surface area contributed by atoms with E-state index in [-0.39, 0.29) is 12.0 Å². The highest BCUT2D eigenvalue weighted by molar-refractivity contribution is 5.84. The van der Waals surface area contributed by atoms with E-state index in [0.717, 1.165) is 0 Å². The molecule has 1 aromatic rings. The molecule has 0 aliphatic carbocycles. The van der Waals surface area contributed by atoms with Crippen LogP contribution in [0.25, 0.3) is 0 Å². The van der Waals surface area contributed by atoms with Gasteiger partial charge >= 0.3 is 6.09 Å². The average Bonchev–Trinajstić information content (AvgIpc) is 2.29. The Bertz CT molecular complexity index is 415. The van der Waals surface area contributed by atoms with Crippen LogP contribution in [0.3, 0.4) is 0 Å². The Kier molecular flexibility index (Phi) is 5.09. The van der Waals surface area contributed by atoms with E-state index in [9.17, 15) is 4.79 Å². The first-order chi connectivity index (χ1) is 8.13. The van der Waals surface area contributed by atoms with E-state index in [4.69, 9.17) is 4.74 Å². The molecule has 3 nitrogen and oxygen atoms in total. The lowest BCUT2D eigenvalue weighted by Crippen LogP contribution is -2.25. The molecule has 0 bridgehead atoms. The van der Waals surface area contributed by atoms with Crippen LogP contribution in [0.2, 0.25) is 0 Å². The molecule has 1 unspecified atom stereocenters. The Hall–Kier alpha value is -1.95. The molecule has 1 aromatic carbocycles. The van der Waals surface area contributed by atoms with Gasteiger partial charge in [0.1, 0.15) is 0 Å². The van der Waals surface area contributed by atoms with Gasteiger partial charge in [-0.1, -0.05) is 38.0 Å². The predicted molar refractivity (Wildman–Crippen MR) is 68.6 cm³/mol. The lowest BCUT2D eigenvalue weighted by molar-refractivity contribution is 0.115. The summed E-state index contributed by atoms with van der Waals surface area (Å²) in [7, 11) is 0. The lowest BCUT2D eigenvalue weighted by atomic mass is 10.1. The van der Waals surface area contributed by atoms with Gasteiger partial charge in [0.25, 0.3) is 0 Å². The Morgan fingerprint density at radius 2 is 1.94 bits per heavy atom. The third-order valence-corrected chi connectivity index (χ3v) is 2.15. The molecule has 0 fully saturated rings. The van der Waals surface area contributed by atoms with Gasteiger partial charge in [0.05, 0.1) is 0 Å². The average molecular weight is 231 g/mol. The van der Waals surface area contributed by atoms with Crippen molar-refractivity contribution in [3.8, 4) is 11.8 Å². The fraction of sp³-hybridized carbons (Fsp3) is 0.357. The highest BCUT2D eigenvalue weighted by Crippen LogP contribution is 2.09. The quantitative estimate of drug-likeness (QED) is 0.811. The van der Waals surface area contributed by atoms with Gasteiger partial charge in [0.15, 0.2) is 6.10 Å². The zero-order valence-corrected chi connectivity index (χ0v) is 10.4. The van der Waals surface area contributed by atoms with Crippen LogP contribution in [0.1, 0.15) is 20.8 Å². The monoisotopic (exact) mass is 231 g/mol. The van der Waals surface area contributed by atoms with E-state index in [0.29, 0.717) is 5.69 Å². The zero-order chi connectivity index (χ0) is 12.7. The number of benzene rings is 1. The fourth-order valence-corrected chi connectivity index (χ4v) is 1.26. The van der Waals surface area contributed by atoms with Crippen molar-refractivity contribution in [2.24, 2.45) is 5.92 Å². The Balaban J connectivity index is 2.56. The van der Waals surface area contributed by atoms with Crippen molar-refractivity contribution in [3.63, 3.8) is 0 Å². The zero-order valence-electron chi connectivity index (χ0n) is 10.4. The van der Waals surface area contributed by atoms with Crippen LogP contribution >= 0.6 is 0 Å². The second kappa shape index (κ2) is 6.59. The minimum absolute atomic E-state index is 0.170. The van der Waals surface area contributed by atoms with Crippen molar-refractivity contribution < 1.29 is 9.53 Å². The molecule has 0 aromatic heterocycles. The van der Waals surface area contributed by atoms with Crippen LogP contribution in [-0.4, -0.2) is 12.2 Å². The molecule has 1 N–H and O–H groups in total. The second-order valence-corrected chi connectivity index (χ2v) is 3.96. The fourth-order valence-electron chi connectivity index (χ4n) is 1.26. The summed E-state index contributed by atoms with van der Waals surface area (Å²) in [6.07, 6.45) is -0.846. The van der Waals surface area contributed by atoms with Crippen molar-refractivity contribution in [2.45, 2.75) is 26.9 Å². The van der Waals surface area contributed by atoms with Gasteiger partial charge in [-0.05, 0) is 19.1 Å². The summed E-state index contributed by atoms with van der Waals surface area (Å²) in [6.45, 7) is 5.66. The van der Waals surface area contributed by atoms with Crippen molar-refractivity contribution in [2.75, 3.05) is 5.32 Å². The summed E-state index contributed by atoms with van der Waals surface area (Å²) < 4.78 is 5.23. The van der Waals surface area contributed by atoms with Gasteiger partial charge in [0, 0.05) is 11.6 Å². The first-order valence-corrected chi connectivity index (χ1v) is 5.58. The molecule has 17 heavy (non-hydrogen) atoms. The maximum Gasteiger partial charge on any atom is 0.412 e. The van der Waals surface area contributed by atoms with Crippen molar-refractivity contribution in [1.82, 2.24) is 0 Å². The largest absolute Gasteiger partial charge is 0.433 e. The molecular weight excluding hydrogens is 214 g/mol. The highest BCUT2D eigenvalue weighted by Gasteiger charge is 2.15. The van der Waals surface area contributed by atoms with Crippen LogP contribution in [0.5, 0.6) is 0 Å². The number of ether oxygens (including phenoxy) is 1. The van der Waals surface area contributed by atoms with Gasteiger partial charge in [-0.3, -0.25) is 5.32 Å². The summed E-state index contributed by atoms with van der Waals surface area (Å²) in [4.78, 5) is 11.6. The molecule has 90 valence electrons. The van der Waals surface area contributed by atoms with E-state index < -0.39 is 6.09 Å². The number of rotatable bonds is 3. The lowest BCUT2D eigenvalue weighted by Gasteiger charge is -2.16. The Labute approximate surface area is 102 Å². The van der Waals surface area contributed by atoms with Gasteiger partial charge < -0.3 is 4.74 Å². The van der Waals surface area contributed by atoms with E-state index in [1.807, 2.05) is 32.0 Å². The normalized spacial score (nSPS) is 11.3. The summed E-state index contributed by atoms with van der Waals surface area (Å²) in [5.41, 5.74) is 0.712. The molecule has 0 heterocycles. The number of amides is 1. The van der Waals surface area contributed by atoms with E-state index in [2.05, 4.69) is 17.2 Å². The molecular formula is C14H17NO2. The van der Waals surface area contributed by atoms with E-state index in [1.54, 1.807) is 19.1 Å². The number of anilines is 1. The highest BCUT2D eigenvalue weighted by atomic mass is 16.6. The van der Waals surface area contributed by atoms with Crippen LogP contribution in [-0.2, 0) is 4.74 Å². The van der Waals surface area contributed by atoms with Crippen LogP contribution in [0.15, 0.2) is 30.3 Å². The van der Waals surface area contributed by atoms with E-state index >= 15 is 0 Å². The molecule has 0 saturated heterocycles. The van der Waals surface area contributed by atoms with Crippen LogP contribution < -0.4 is 5.32 Å². The van der Waals surface area contributed by atoms with Crippen molar-refractivity contribution in [1.29, 1.82) is 0 Å². The first-order valence-electron chi connectivity index (χ1n) is 5.58. The van der Waals surface area contributed by atoms with Gasteiger partial charge in [-0.25, -0.2) is 4.79 Å². The van der Waals surface area contributed by atoms with Crippen LogP contribution in [0, 0.1) is 17.8 Å². The number of para-hydroxylation sites is 1. The van der Waals surface area contributed by atoms with Crippen molar-refractivity contribution >= 4 is 11.8 Å². The van der Waals surface area contributed by atoms with Crippen molar-refractivity contribution in [3.05, 3.63) is 30.3 Å². The maximum absolute atomic E-state index is 11.6. The Morgan fingerprint density at radius 3 is 2.47 bits per heavy atom. The number of nitrogens with one attached hydrogen (secondary N) is 1. The van der Waals surface area contributed by atoms with Gasteiger partial charge in [0.2, 0.25) is 0 Å². The molecule has 0 aliphatic rings. The van der Waals surface area contributed by atoms with Crippen LogP contribution in [0.4, 0.5) is 10.5 Å². The minimum atomic E-state index is -0.474. The van der Waals surface area contributed by atoms with E-state index in [1.165, 1.54) is 0 Å². The summed E-state index contributed by atoms with van der Waals surface area (Å²) in [5, 5.41) is 2.66. The predicted octanol–water partition coefficient (Wildman–Crippen LogP) is 3.28. The number of hydrogen-bond donors (Lipinski definition) is 1. The second-order valence-electron chi connectivity index (χ2n) is 3.96. The standard InChI is InChI=1S/C14H17NO2/c1-4-8-13(11(2)3)17-14(16)15-12-9-6-5-7-10-12/h5-7,9-11,13H,1-3H3,(H,15,16). The molecule has 1 amide bonds. The maximum atomic E-state index is 11.6. The Morgan fingerprint density at radius 1 is 1.29 bits per heavy atom. The van der Waals surface area contributed by atoms with Gasteiger partial charge in [-0.15, -0.1) is 5.92 Å².